The lowest BCUT2D eigenvalue weighted by Gasteiger charge is -2.37. The highest BCUT2D eigenvalue weighted by atomic mass is 32.1. The monoisotopic (exact) mass is 384 g/mol. The van der Waals surface area contributed by atoms with Crippen LogP contribution in [-0.2, 0) is 17.6 Å². The molecule has 140 valence electrons. The molecule has 4 rings (SSSR count). The second kappa shape index (κ2) is 7.17. The van der Waals surface area contributed by atoms with Crippen molar-refractivity contribution in [3.63, 3.8) is 0 Å². The number of amides is 1. The minimum Gasteiger partial charge on any atom is -0.491 e. The van der Waals surface area contributed by atoms with E-state index in [1.165, 1.54) is 11.3 Å². The molecule has 0 fully saturated rings. The molecule has 7 heteroatoms. The molecule has 0 bridgehead atoms. The fourth-order valence-electron chi connectivity index (χ4n) is 3.23. The van der Waals surface area contributed by atoms with Crippen LogP contribution in [0.1, 0.15) is 17.0 Å². The zero-order valence-electron chi connectivity index (χ0n) is 14.9. The number of rotatable bonds is 5. The Kier molecular flexibility index (Phi) is 4.72. The van der Waals surface area contributed by atoms with Gasteiger partial charge in [-0.25, -0.2) is 4.98 Å². The van der Waals surface area contributed by atoms with Gasteiger partial charge in [-0.3, -0.25) is 4.79 Å². The Labute approximate surface area is 160 Å². The highest BCUT2D eigenvalue weighted by Crippen LogP contribution is 2.29. The number of thiophene rings is 1. The van der Waals surface area contributed by atoms with Crippen LogP contribution in [0.3, 0.4) is 0 Å². The second-order valence-corrected chi connectivity index (χ2v) is 7.68. The molecule has 1 amide bonds. The Balaban J connectivity index is 1.48. The first-order valence-electron chi connectivity index (χ1n) is 8.71. The Morgan fingerprint density at radius 1 is 1.33 bits per heavy atom. The largest absolute Gasteiger partial charge is 0.491 e. The van der Waals surface area contributed by atoms with E-state index in [1.807, 2.05) is 41.8 Å². The van der Waals surface area contributed by atoms with Crippen molar-refractivity contribution in [3.8, 4) is 16.5 Å². The lowest BCUT2D eigenvalue weighted by molar-refractivity contribution is -0.123. The molecule has 0 radical (unpaired) electrons. The molecule has 0 saturated heterocycles. The highest BCUT2D eigenvalue weighted by molar-refractivity contribution is 7.13. The van der Waals surface area contributed by atoms with Crippen molar-refractivity contribution >= 4 is 17.2 Å². The van der Waals surface area contributed by atoms with Gasteiger partial charge in [0.1, 0.15) is 23.7 Å². The maximum absolute atomic E-state index is 12.6. The zero-order valence-corrected chi connectivity index (χ0v) is 15.7. The molecule has 0 saturated carbocycles. The number of aryl methyl sites for hydroxylation is 1. The third-order valence-electron chi connectivity index (χ3n) is 4.67. The topological polar surface area (TPSA) is 84.6 Å². The van der Waals surface area contributed by atoms with E-state index in [0.717, 1.165) is 16.2 Å². The molecular formula is C20H20N2O4S. The van der Waals surface area contributed by atoms with Crippen molar-refractivity contribution in [1.82, 2.24) is 10.3 Å². The summed E-state index contributed by atoms with van der Waals surface area (Å²) >= 11 is 1.54. The van der Waals surface area contributed by atoms with E-state index in [-0.39, 0.29) is 25.5 Å². The summed E-state index contributed by atoms with van der Waals surface area (Å²) in [5.41, 5.74) is 0.733. The molecule has 0 aliphatic carbocycles. The van der Waals surface area contributed by atoms with Crippen LogP contribution < -0.4 is 10.1 Å². The number of hydrogen-bond acceptors (Lipinski definition) is 6. The van der Waals surface area contributed by atoms with Crippen LogP contribution in [0.2, 0.25) is 0 Å². The Morgan fingerprint density at radius 2 is 2.19 bits per heavy atom. The molecule has 27 heavy (non-hydrogen) atoms. The fraction of sp³-hybridized carbons (Fsp3) is 0.300. The van der Waals surface area contributed by atoms with Gasteiger partial charge in [-0.05, 0) is 30.0 Å². The van der Waals surface area contributed by atoms with Crippen LogP contribution in [0.15, 0.2) is 46.2 Å². The average molecular weight is 384 g/mol. The number of ether oxygens (including phenoxy) is 1. The molecule has 1 aliphatic rings. The minimum atomic E-state index is -0.834. The van der Waals surface area contributed by atoms with Crippen molar-refractivity contribution in [2.45, 2.75) is 25.3 Å². The van der Waals surface area contributed by atoms with Gasteiger partial charge in [0, 0.05) is 6.42 Å². The SMILES string of the molecule is Cc1oc(-c2cccs2)nc1CC(=O)NC1(CO)COc2ccccc2C1. The van der Waals surface area contributed by atoms with Crippen LogP contribution >= 0.6 is 11.3 Å². The van der Waals surface area contributed by atoms with Crippen molar-refractivity contribution < 1.29 is 19.1 Å². The summed E-state index contributed by atoms with van der Waals surface area (Å²) in [4.78, 5) is 18.0. The summed E-state index contributed by atoms with van der Waals surface area (Å²) in [5, 5.41) is 14.8. The van der Waals surface area contributed by atoms with E-state index in [2.05, 4.69) is 10.3 Å². The van der Waals surface area contributed by atoms with E-state index >= 15 is 0 Å². The van der Waals surface area contributed by atoms with Crippen LogP contribution in [-0.4, -0.2) is 34.8 Å². The van der Waals surface area contributed by atoms with Gasteiger partial charge >= 0.3 is 0 Å². The van der Waals surface area contributed by atoms with Crippen molar-refractivity contribution in [3.05, 3.63) is 58.8 Å². The molecule has 3 aromatic rings. The summed E-state index contributed by atoms with van der Waals surface area (Å²) < 4.78 is 11.4. The summed E-state index contributed by atoms with van der Waals surface area (Å²) in [5.74, 6) is 1.72. The van der Waals surface area contributed by atoms with Crippen LogP contribution in [0.25, 0.3) is 10.8 Å². The zero-order chi connectivity index (χ0) is 18.9. The third kappa shape index (κ3) is 3.61. The molecule has 1 unspecified atom stereocenters. The fourth-order valence-corrected chi connectivity index (χ4v) is 3.88. The van der Waals surface area contributed by atoms with Gasteiger partial charge in [0.15, 0.2) is 0 Å². The molecule has 2 N–H and O–H groups in total. The summed E-state index contributed by atoms with van der Waals surface area (Å²) in [6.45, 7) is 1.82. The Bertz CT molecular complexity index is 951. The van der Waals surface area contributed by atoms with Gasteiger partial charge in [-0.1, -0.05) is 24.3 Å². The first-order valence-corrected chi connectivity index (χ1v) is 9.59. The Hall–Kier alpha value is -2.64. The van der Waals surface area contributed by atoms with E-state index in [1.54, 1.807) is 6.92 Å². The van der Waals surface area contributed by atoms with E-state index in [4.69, 9.17) is 9.15 Å². The van der Waals surface area contributed by atoms with Crippen LogP contribution in [0.5, 0.6) is 5.75 Å². The number of aromatic nitrogens is 1. The quantitative estimate of drug-likeness (QED) is 0.707. The first kappa shape index (κ1) is 17.8. The molecule has 2 aromatic heterocycles. The smallest absolute Gasteiger partial charge is 0.236 e. The standard InChI is InChI=1S/C20H20N2O4S/c1-13-15(21-19(26-13)17-7-4-8-27-17)9-18(24)22-20(11-23)10-14-5-2-3-6-16(14)25-12-20/h2-8,23H,9-12H2,1H3,(H,22,24). The summed E-state index contributed by atoms with van der Waals surface area (Å²) in [6.07, 6.45) is 0.605. The number of fused-ring (bicyclic) bond motifs is 1. The van der Waals surface area contributed by atoms with Crippen molar-refractivity contribution in [2.24, 2.45) is 0 Å². The maximum atomic E-state index is 12.6. The molecule has 1 aliphatic heterocycles. The van der Waals surface area contributed by atoms with Crippen LogP contribution in [0.4, 0.5) is 0 Å². The Morgan fingerprint density at radius 3 is 2.96 bits per heavy atom. The first-order chi connectivity index (χ1) is 13.1. The van der Waals surface area contributed by atoms with Gasteiger partial charge in [0.25, 0.3) is 0 Å². The number of carbonyl (C=O) groups is 1. The number of nitrogens with one attached hydrogen (secondary N) is 1. The minimum absolute atomic E-state index is 0.0874. The highest BCUT2D eigenvalue weighted by Gasteiger charge is 2.37. The molecular weight excluding hydrogens is 364 g/mol. The normalized spacial score (nSPS) is 18.6. The predicted molar refractivity (Wildman–Crippen MR) is 102 cm³/mol. The number of hydrogen-bond donors (Lipinski definition) is 2. The maximum Gasteiger partial charge on any atom is 0.236 e. The van der Waals surface area contributed by atoms with Gasteiger partial charge < -0.3 is 19.6 Å². The lowest BCUT2D eigenvalue weighted by Crippen LogP contribution is -2.58. The lowest BCUT2D eigenvalue weighted by atomic mass is 9.89. The number of benzene rings is 1. The molecule has 0 spiro atoms. The van der Waals surface area contributed by atoms with E-state index in [9.17, 15) is 9.90 Å². The summed E-state index contributed by atoms with van der Waals surface area (Å²) in [7, 11) is 0. The van der Waals surface area contributed by atoms with Gasteiger partial charge in [0.2, 0.25) is 11.8 Å². The number of aliphatic hydroxyl groups excluding tert-OH is 1. The molecule has 3 heterocycles. The number of para-hydroxylation sites is 1. The van der Waals surface area contributed by atoms with E-state index in [0.29, 0.717) is 23.8 Å². The van der Waals surface area contributed by atoms with Gasteiger partial charge in [0.05, 0.1) is 23.6 Å². The second-order valence-electron chi connectivity index (χ2n) is 6.74. The number of carbonyl (C=O) groups excluding carboxylic acids is 1. The van der Waals surface area contributed by atoms with E-state index < -0.39 is 5.54 Å². The third-order valence-corrected chi connectivity index (χ3v) is 5.52. The predicted octanol–water partition coefficient (Wildman–Crippen LogP) is 2.74. The average Bonchev–Trinajstić information content (AvgIpc) is 3.32. The molecule has 6 nitrogen and oxygen atoms in total. The summed E-state index contributed by atoms with van der Waals surface area (Å²) in [6, 6.07) is 11.5. The van der Waals surface area contributed by atoms with Crippen molar-refractivity contribution in [2.75, 3.05) is 13.2 Å². The van der Waals surface area contributed by atoms with Gasteiger partial charge in [-0.2, -0.15) is 0 Å². The number of nitrogens with zero attached hydrogens (tertiary/aromatic N) is 1. The number of aliphatic hydroxyl groups is 1. The van der Waals surface area contributed by atoms with Gasteiger partial charge in [-0.15, -0.1) is 11.3 Å². The van der Waals surface area contributed by atoms with Crippen molar-refractivity contribution in [1.29, 1.82) is 0 Å². The number of oxazole rings is 1. The molecule has 1 atom stereocenters. The molecule has 1 aromatic carbocycles. The van der Waals surface area contributed by atoms with Crippen LogP contribution in [0, 0.1) is 6.92 Å².